The zero-order valence-electron chi connectivity index (χ0n) is 20.7. The van der Waals surface area contributed by atoms with Gasteiger partial charge in [-0.3, -0.25) is 24.8 Å². The number of rotatable bonds is 10. The van der Waals surface area contributed by atoms with E-state index in [0.717, 1.165) is 5.56 Å². The van der Waals surface area contributed by atoms with Crippen molar-refractivity contribution in [3.05, 3.63) is 90.0 Å². The smallest absolute Gasteiger partial charge is 0.324 e. The van der Waals surface area contributed by atoms with Crippen LogP contribution in [0.25, 0.3) is 0 Å². The van der Waals surface area contributed by atoms with Gasteiger partial charge >= 0.3 is 11.9 Å². The molecule has 8 heteroatoms. The number of carboxylic acid groups (broad SMARTS) is 2. The molecular formula is C27H33N3O5. The Kier molecular flexibility index (Phi) is 7.77. The van der Waals surface area contributed by atoms with Gasteiger partial charge in [-0.05, 0) is 55.9 Å². The molecule has 0 fully saturated rings. The quantitative estimate of drug-likeness (QED) is 0.476. The standard InChI is InChI=1S/C27H33N3O5/c1-26(2,27(3,25(33)34)30(4)5)20-13-7-6-12-19(20)22(18-11-10-15-28-17-18)23(24(31)32)29-21-14-8-9-16-35-21/h6-17,21-23,29H,1-5H3,(H,31,32)(H,33,34)/t21?,22?,23?,27-/m1/s1. The molecule has 2 heterocycles. The average Bonchev–Trinajstić information content (AvgIpc) is 2.84. The van der Waals surface area contributed by atoms with Crippen LogP contribution >= 0.6 is 0 Å². The minimum Gasteiger partial charge on any atom is -0.480 e. The Morgan fingerprint density at radius 2 is 1.80 bits per heavy atom. The van der Waals surface area contributed by atoms with Crippen LogP contribution in [0.3, 0.4) is 0 Å². The lowest BCUT2D eigenvalue weighted by atomic mass is 9.64. The van der Waals surface area contributed by atoms with E-state index >= 15 is 0 Å². The molecule has 4 atom stereocenters. The Balaban J connectivity index is 2.23. The minimum absolute atomic E-state index is 0.633. The van der Waals surface area contributed by atoms with Gasteiger partial charge in [0, 0.05) is 23.7 Å². The number of pyridine rings is 1. The van der Waals surface area contributed by atoms with E-state index in [9.17, 15) is 19.8 Å². The van der Waals surface area contributed by atoms with Crippen molar-refractivity contribution in [2.75, 3.05) is 14.1 Å². The van der Waals surface area contributed by atoms with E-state index in [1.54, 1.807) is 62.6 Å². The monoisotopic (exact) mass is 479 g/mol. The number of nitrogens with one attached hydrogen (secondary N) is 1. The van der Waals surface area contributed by atoms with Gasteiger partial charge in [0.15, 0.2) is 6.23 Å². The van der Waals surface area contributed by atoms with Gasteiger partial charge in [0.25, 0.3) is 0 Å². The number of hydrogen-bond acceptors (Lipinski definition) is 6. The number of aromatic nitrogens is 1. The van der Waals surface area contributed by atoms with Crippen molar-refractivity contribution >= 4 is 11.9 Å². The lowest BCUT2D eigenvalue weighted by Crippen LogP contribution is -2.61. The zero-order valence-corrected chi connectivity index (χ0v) is 20.7. The summed E-state index contributed by atoms with van der Waals surface area (Å²) < 4.78 is 5.55. The van der Waals surface area contributed by atoms with Crippen LogP contribution in [0.5, 0.6) is 0 Å². The van der Waals surface area contributed by atoms with Crippen LogP contribution in [-0.2, 0) is 19.7 Å². The summed E-state index contributed by atoms with van der Waals surface area (Å²) in [6.07, 6.45) is 9.38. The number of allylic oxidation sites excluding steroid dienone is 2. The number of carboxylic acids is 2. The van der Waals surface area contributed by atoms with E-state index in [4.69, 9.17) is 4.74 Å². The molecule has 1 aromatic carbocycles. The topological polar surface area (TPSA) is 112 Å². The molecule has 3 rings (SSSR count). The molecule has 8 nitrogen and oxygen atoms in total. The molecule has 1 aliphatic rings. The van der Waals surface area contributed by atoms with E-state index < -0.39 is 41.1 Å². The van der Waals surface area contributed by atoms with E-state index in [2.05, 4.69) is 10.3 Å². The summed E-state index contributed by atoms with van der Waals surface area (Å²) >= 11 is 0. The predicted molar refractivity (Wildman–Crippen MR) is 133 cm³/mol. The van der Waals surface area contributed by atoms with Crippen molar-refractivity contribution in [3.8, 4) is 0 Å². The number of ether oxygens (including phenoxy) is 1. The minimum atomic E-state index is -1.28. The molecule has 0 saturated heterocycles. The van der Waals surface area contributed by atoms with Crippen LogP contribution in [0, 0.1) is 0 Å². The molecule has 0 bridgehead atoms. The van der Waals surface area contributed by atoms with Crippen molar-refractivity contribution in [2.24, 2.45) is 0 Å². The number of aliphatic carboxylic acids is 2. The highest BCUT2D eigenvalue weighted by atomic mass is 16.5. The second-order valence-corrected chi connectivity index (χ2v) is 9.50. The summed E-state index contributed by atoms with van der Waals surface area (Å²) in [5.74, 6) is -2.72. The summed E-state index contributed by atoms with van der Waals surface area (Å²) in [5.41, 5.74) is -0.0651. The SMILES string of the molecule is CN(C)[C@](C)(C(=O)O)C(C)(C)c1ccccc1C(c1cccnc1)C(NC1C=CC=CO1)C(=O)O. The van der Waals surface area contributed by atoms with E-state index in [0.29, 0.717) is 11.1 Å². The molecule has 0 radical (unpaired) electrons. The number of likely N-dealkylation sites (N-methyl/N-ethyl adjacent to an activating group) is 1. The van der Waals surface area contributed by atoms with Crippen LogP contribution in [0.1, 0.15) is 43.4 Å². The zero-order chi connectivity index (χ0) is 25.8. The van der Waals surface area contributed by atoms with Crippen molar-refractivity contribution in [1.29, 1.82) is 0 Å². The first-order valence-corrected chi connectivity index (χ1v) is 11.4. The van der Waals surface area contributed by atoms with Crippen molar-refractivity contribution < 1.29 is 24.5 Å². The van der Waals surface area contributed by atoms with Crippen LogP contribution in [0.2, 0.25) is 0 Å². The van der Waals surface area contributed by atoms with Gasteiger partial charge in [0.05, 0.1) is 6.26 Å². The molecule has 35 heavy (non-hydrogen) atoms. The van der Waals surface area contributed by atoms with Crippen molar-refractivity contribution in [3.63, 3.8) is 0 Å². The van der Waals surface area contributed by atoms with E-state index in [1.807, 2.05) is 44.2 Å². The summed E-state index contributed by atoms with van der Waals surface area (Å²) in [4.78, 5) is 31.1. The van der Waals surface area contributed by atoms with Gasteiger partial charge in [0.1, 0.15) is 11.6 Å². The maximum atomic E-state index is 12.7. The molecule has 1 aliphatic heterocycles. The highest BCUT2D eigenvalue weighted by Gasteiger charge is 2.52. The number of nitrogens with zero attached hydrogens (tertiary/aromatic N) is 2. The Hall–Kier alpha value is -3.49. The van der Waals surface area contributed by atoms with Crippen molar-refractivity contribution in [1.82, 2.24) is 15.2 Å². The normalized spacial score (nSPS) is 19.0. The molecule has 2 aromatic rings. The van der Waals surface area contributed by atoms with E-state index in [-0.39, 0.29) is 0 Å². The fraction of sp³-hybridized carbons (Fsp3) is 0.370. The maximum Gasteiger partial charge on any atom is 0.324 e. The van der Waals surface area contributed by atoms with Crippen LogP contribution in [-0.4, -0.2) is 63.9 Å². The third-order valence-electron chi connectivity index (χ3n) is 7.18. The molecule has 1 aromatic heterocycles. The van der Waals surface area contributed by atoms with Gasteiger partial charge in [-0.1, -0.05) is 50.3 Å². The highest BCUT2D eigenvalue weighted by Crippen LogP contribution is 2.43. The molecule has 0 saturated carbocycles. The summed E-state index contributed by atoms with van der Waals surface area (Å²) in [5, 5.41) is 23.7. The van der Waals surface area contributed by atoms with Gasteiger partial charge in [-0.25, -0.2) is 0 Å². The third-order valence-corrected chi connectivity index (χ3v) is 7.18. The number of benzene rings is 1. The summed E-state index contributed by atoms with van der Waals surface area (Å²) in [7, 11) is 3.47. The fourth-order valence-electron chi connectivity index (χ4n) is 4.70. The average molecular weight is 480 g/mol. The Bertz CT molecular complexity index is 1110. The Morgan fingerprint density at radius 3 is 2.34 bits per heavy atom. The maximum absolute atomic E-state index is 12.7. The van der Waals surface area contributed by atoms with Crippen LogP contribution in [0.15, 0.2) is 73.3 Å². The molecule has 0 aliphatic carbocycles. The largest absolute Gasteiger partial charge is 0.480 e. The van der Waals surface area contributed by atoms with Gasteiger partial charge < -0.3 is 14.9 Å². The lowest BCUT2D eigenvalue weighted by molar-refractivity contribution is -0.153. The molecular weight excluding hydrogens is 446 g/mol. The fourth-order valence-corrected chi connectivity index (χ4v) is 4.70. The van der Waals surface area contributed by atoms with E-state index in [1.165, 1.54) is 6.26 Å². The highest BCUT2D eigenvalue weighted by molar-refractivity contribution is 5.81. The first kappa shape index (κ1) is 26.1. The van der Waals surface area contributed by atoms with Gasteiger partial charge in [0.2, 0.25) is 0 Å². The molecule has 0 spiro atoms. The molecule has 186 valence electrons. The van der Waals surface area contributed by atoms with Crippen molar-refractivity contribution in [2.45, 2.75) is 49.9 Å². The summed E-state index contributed by atoms with van der Waals surface area (Å²) in [6, 6.07) is 9.93. The lowest BCUT2D eigenvalue weighted by Gasteiger charge is -2.47. The molecule has 3 unspecified atom stereocenters. The Morgan fingerprint density at radius 1 is 1.09 bits per heavy atom. The van der Waals surface area contributed by atoms with Gasteiger partial charge in [-0.2, -0.15) is 0 Å². The number of hydrogen-bond donors (Lipinski definition) is 3. The van der Waals surface area contributed by atoms with Crippen LogP contribution < -0.4 is 5.32 Å². The number of carbonyl (C=O) groups is 2. The third kappa shape index (κ3) is 4.99. The Labute approximate surface area is 205 Å². The van der Waals surface area contributed by atoms with Crippen LogP contribution in [0.4, 0.5) is 0 Å². The molecule has 3 N–H and O–H groups in total. The van der Waals surface area contributed by atoms with Gasteiger partial charge in [-0.15, -0.1) is 0 Å². The second-order valence-electron chi connectivity index (χ2n) is 9.50. The predicted octanol–water partition coefficient (Wildman–Crippen LogP) is 3.37. The molecule has 0 amide bonds. The summed E-state index contributed by atoms with van der Waals surface area (Å²) in [6.45, 7) is 5.44. The second kappa shape index (κ2) is 10.4. The first-order valence-electron chi connectivity index (χ1n) is 11.4. The first-order chi connectivity index (χ1) is 16.5.